The van der Waals surface area contributed by atoms with Crippen LogP contribution in [0.1, 0.15) is 41.0 Å². The fraction of sp³-hybridized carbons (Fsp3) is 0.261. The highest BCUT2D eigenvalue weighted by Crippen LogP contribution is 2.28. The van der Waals surface area contributed by atoms with Gasteiger partial charge >= 0.3 is 0 Å². The summed E-state index contributed by atoms with van der Waals surface area (Å²) in [6.07, 6.45) is 0.894. The van der Waals surface area contributed by atoms with Gasteiger partial charge in [-0.25, -0.2) is 0 Å². The number of benzene rings is 2. The second-order valence-corrected chi connectivity index (χ2v) is 7.40. The summed E-state index contributed by atoms with van der Waals surface area (Å²) in [4.78, 5) is 39.7. The first-order valence-corrected chi connectivity index (χ1v) is 9.92. The van der Waals surface area contributed by atoms with Crippen molar-refractivity contribution in [1.82, 2.24) is 15.8 Å². The van der Waals surface area contributed by atoms with E-state index in [1.807, 2.05) is 0 Å². The van der Waals surface area contributed by atoms with Crippen molar-refractivity contribution >= 4 is 22.7 Å². The Morgan fingerprint density at radius 1 is 1.00 bits per heavy atom. The minimum absolute atomic E-state index is 0.106. The summed E-state index contributed by atoms with van der Waals surface area (Å²) in [5.74, 6) is 0.174. The molecule has 0 saturated carbocycles. The number of ether oxygens (including phenoxy) is 2. The summed E-state index contributed by atoms with van der Waals surface area (Å²) in [5.41, 5.74) is 4.82. The molecule has 0 spiro atoms. The molecule has 3 rings (SSSR count). The largest absolute Gasteiger partial charge is 0.493 e. The number of carbonyl (C=O) groups excluding carboxylic acids is 2. The van der Waals surface area contributed by atoms with Gasteiger partial charge in [0.1, 0.15) is 5.56 Å². The Balaban J connectivity index is 1.67. The molecule has 1 aromatic heterocycles. The molecule has 0 aliphatic rings. The average molecular weight is 423 g/mol. The maximum Gasteiger partial charge on any atom is 0.275 e. The fourth-order valence-corrected chi connectivity index (χ4v) is 2.90. The van der Waals surface area contributed by atoms with Crippen molar-refractivity contribution in [1.29, 1.82) is 0 Å². The highest BCUT2D eigenvalue weighted by Gasteiger charge is 2.15. The van der Waals surface area contributed by atoms with Crippen LogP contribution in [0.15, 0.2) is 53.3 Å². The van der Waals surface area contributed by atoms with E-state index < -0.39 is 17.4 Å². The van der Waals surface area contributed by atoms with Gasteiger partial charge in [-0.2, -0.15) is 0 Å². The van der Waals surface area contributed by atoms with Crippen LogP contribution in [0.3, 0.4) is 0 Å². The van der Waals surface area contributed by atoms with Crippen molar-refractivity contribution in [3.63, 3.8) is 0 Å². The van der Waals surface area contributed by atoms with E-state index in [2.05, 4.69) is 29.7 Å². The number of hydrogen-bond donors (Lipinski definition) is 3. The standard InChI is InChI=1S/C23H25N3O5/c1-14(2)10-11-31-19-9-8-16(13-20(19)30-3)21(27)25-26-23(29)17-12-15-6-4-5-7-18(15)24-22(17)28/h4-9,12-14H,10-11H2,1-3H3,(H,24,28)(H,25,27)(H,26,29). The van der Waals surface area contributed by atoms with Crippen molar-refractivity contribution in [2.24, 2.45) is 5.92 Å². The van der Waals surface area contributed by atoms with Crippen molar-refractivity contribution in [3.8, 4) is 11.5 Å². The number of fused-ring (bicyclic) bond motifs is 1. The van der Waals surface area contributed by atoms with Crippen LogP contribution in [0.25, 0.3) is 10.9 Å². The summed E-state index contributed by atoms with van der Waals surface area (Å²) < 4.78 is 11.0. The predicted molar refractivity (Wildman–Crippen MR) is 117 cm³/mol. The first-order chi connectivity index (χ1) is 14.9. The molecule has 31 heavy (non-hydrogen) atoms. The van der Waals surface area contributed by atoms with Gasteiger partial charge < -0.3 is 14.5 Å². The molecule has 0 atom stereocenters. The number of aromatic amines is 1. The van der Waals surface area contributed by atoms with E-state index in [-0.39, 0.29) is 11.1 Å². The van der Waals surface area contributed by atoms with Crippen molar-refractivity contribution in [2.45, 2.75) is 20.3 Å². The number of hydrazine groups is 1. The van der Waals surface area contributed by atoms with Crippen molar-refractivity contribution < 1.29 is 19.1 Å². The zero-order valence-corrected chi connectivity index (χ0v) is 17.7. The van der Waals surface area contributed by atoms with Crippen LogP contribution in [0, 0.1) is 5.92 Å². The van der Waals surface area contributed by atoms with Gasteiger partial charge in [-0.1, -0.05) is 32.0 Å². The Hall–Kier alpha value is -3.81. The van der Waals surface area contributed by atoms with E-state index in [1.165, 1.54) is 19.2 Å². The van der Waals surface area contributed by atoms with E-state index in [0.717, 1.165) is 6.42 Å². The molecule has 3 N–H and O–H groups in total. The first kappa shape index (κ1) is 21.9. The fourth-order valence-electron chi connectivity index (χ4n) is 2.90. The molecule has 0 bridgehead atoms. The van der Waals surface area contributed by atoms with Crippen molar-refractivity contribution in [2.75, 3.05) is 13.7 Å². The molecule has 2 amide bonds. The second kappa shape index (κ2) is 9.80. The number of nitrogens with one attached hydrogen (secondary N) is 3. The van der Waals surface area contributed by atoms with E-state index >= 15 is 0 Å². The lowest BCUT2D eigenvalue weighted by Crippen LogP contribution is -2.43. The quantitative estimate of drug-likeness (QED) is 0.506. The molecule has 0 aliphatic carbocycles. The third kappa shape index (κ3) is 5.42. The monoisotopic (exact) mass is 423 g/mol. The smallest absolute Gasteiger partial charge is 0.275 e. The second-order valence-electron chi connectivity index (χ2n) is 7.40. The van der Waals surface area contributed by atoms with E-state index in [4.69, 9.17) is 9.47 Å². The molecular formula is C23H25N3O5. The van der Waals surface area contributed by atoms with Gasteiger partial charge in [-0.3, -0.25) is 25.2 Å². The number of carbonyl (C=O) groups is 2. The van der Waals surface area contributed by atoms with Crippen LogP contribution in [-0.4, -0.2) is 30.5 Å². The zero-order chi connectivity index (χ0) is 22.4. The predicted octanol–water partition coefficient (Wildman–Crippen LogP) is 3.04. The Morgan fingerprint density at radius 3 is 2.48 bits per heavy atom. The SMILES string of the molecule is COc1cc(C(=O)NNC(=O)c2cc3ccccc3[nH]c2=O)ccc1OCCC(C)C. The number of rotatable bonds is 7. The lowest BCUT2D eigenvalue weighted by atomic mass is 10.1. The molecule has 1 heterocycles. The molecule has 8 heteroatoms. The van der Waals surface area contributed by atoms with Crippen LogP contribution in [0.5, 0.6) is 11.5 Å². The minimum Gasteiger partial charge on any atom is -0.493 e. The number of H-pyrrole nitrogens is 1. The number of pyridine rings is 1. The Kier molecular flexibility index (Phi) is 6.92. The van der Waals surface area contributed by atoms with Crippen LogP contribution in [0.2, 0.25) is 0 Å². The summed E-state index contributed by atoms with van der Waals surface area (Å²) in [5, 5.41) is 0.705. The molecule has 0 radical (unpaired) electrons. The maximum atomic E-state index is 12.5. The van der Waals surface area contributed by atoms with Gasteiger partial charge in [0.05, 0.1) is 13.7 Å². The Labute approximate surface area is 179 Å². The van der Waals surface area contributed by atoms with Gasteiger partial charge in [0.15, 0.2) is 11.5 Å². The molecule has 3 aromatic rings. The molecule has 8 nitrogen and oxygen atoms in total. The maximum absolute atomic E-state index is 12.5. The van der Waals surface area contributed by atoms with Crippen LogP contribution < -0.4 is 25.9 Å². The third-order valence-electron chi connectivity index (χ3n) is 4.67. The van der Waals surface area contributed by atoms with Crippen molar-refractivity contribution in [3.05, 3.63) is 70.0 Å². The topological polar surface area (TPSA) is 110 Å². The number of amides is 2. The van der Waals surface area contributed by atoms with Crippen LogP contribution in [0.4, 0.5) is 0 Å². The molecular weight excluding hydrogens is 398 g/mol. The zero-order valence-electron chi connectivity index (χ0n) is 17.7. The molecule has 162 valence electrons. The van der Waals surface area contributed by atoms with Gasteiger partial charge in [-0.05, 0) is 48.1 Å². The third-order valence-corrected chi connectivity index (χ3v) is 4.67. The molecule has 0 saturated heterocycles. The Morgan fingerprint density at radius 2 is 1.74 bits per heavy atom. The van der Waals surface area contributed by atoms with E-state index in [1.54, 1.807) is 36.4 Å². The molecule has 0 fully saturated rings. The summed E-state index contributed by atoms with van der Waals surface area (Å²) in [7, 11) is 1.49. The van der Waals surface area contributed by atoms with Gasteiger partial charge in [0, 0.05) is 11.1 Å². The van der Waals surface area contributed by atoms with E-state index in [0.29, 0.717) is 34.9 Å². The van der Waals surface area contributed by atoms with Crippen LogP contribution >= 0.6 is 0 Å². The number of hydrogen-bond acceptors (Lipinski definition) is 5. The van der Waals surface area contributed by atoms with Gasteiger partial charge in [-0.15, -0.1) is 0 Å². The average Bonchev–Trinajstić information content (AvgIpc) is 2.76. The normalized spacial score (nSPS) is 10.7. The lowest BCUT2D eigenvalue weighted by Gasteiger charge is -2.13. The highest BCUT2D eigenvalue weighted by molar-refractivity contribution is 6.00. The number of para-hydroxylation sites is 1. The van der Waals surface area contributed by atoms with Gasteiger partial charge in [0.2, 0.25) is 0 Å². The molecule has 0 unspecified atom stereocenters. The number of aromatic nitrogens is 1. The van der Waals surface area contributed by atoms with Crippen LogP contribution in [-0.2, 0) is 0 Å². The summed E-state index contributed by atoms with van der Waals surface area (Å²) in [6.45, 7) is 4.75. The molecule has 0 aliphatic heterocycles. The molecule has 2 aromatic carbocycles. The highest BCUT2D eigenvalue weighted by atomic mass is 16.5. The summed E-state index contributed by atoms with van der Waals surface area (Å²) in [6, 6.07) is 13.3. The minimum atomic E-state index is -0.721. The van der Waals surface area contributed by atoms with Gasteiger partial charge in [0.25, 0.3) is 17.4 Å². The number of methoxy groups -OCH3 is 1. The van der Waals surface area contributed by atoms with E-state index in [9.17, 15) is 14.4 Å². The Bertz CT molecular complexity index is 1150. The summed E-state index contributed by atoms with van der Waals surface area (Å²) >= 11 is 0. The lowest BCUT2D eigenvalue weighted by molar-refractivity contribution is 0.0845. The first-order valence-electron chi connectivity index (χ1n) is 9.92.